The Morgan fingerprint density at radius 2 is 1.32 bits per heavy atom. The number of piperidine rings is 1. The number of nitrogens with one attached hydrogen (secondary N) is 1. The zero-order chi connectivity index (χ0) is 20.4. The monoisotopic (exact) mass is 395 g/mol. The molecule has 0 saturated carbocycles. The molecule has 28 heavy (non-hydrogen) atoms. The van der Waals surface area contributed by atoms with Crippen LogP contribution in [0, 0.1) is 5.41 Å². The highest BCUT2D eigenvalue weighted by molar-refractivity contribution is 6.99. The van der Waals surface area contributed by atoms with Gasteiger partial charge >= 0.3 is 0 Å². The fraction of sp³-hybridized carbons (Fsp3) is 0.520. The highest BCUT2D eigenvalue weighted by atomic mass is 28.4. The molecule has 3 heteroatoms. The minimum Gasteiger partial charge on any atom is -0.403 e. The van der Waals surface area contributed by atoms with Gasteiger partial charge in [-0.2, -0.15) is 0 Å². The summed E-state index contributed by atoms with van der Waals surface area (Å²) in [6.07, 6.45) is 2.52. The van der Waals surface area contributed by atoms with Crippen molar-refractivity contribution in [3.8, 4) is 0 Å². The number of benzene rings is 2. The predicted octanol–water partition coefficient (Wildman–Crippen LogP) is 4.73. The van der Waals surface area contributed by atoms with Crippen LogP contribution in [0.3, 0.4) is 0 Å². The normalized spacial score (nSPS) is 21.5. The minimum absolute atomic E-state index is 0.0234. The van der Waals surface area contributed by atoms with Crippen molar-refractivity contribution in [2.75, 3.05) is 6.54 Å². The van der Waals surface area contributed by atoms with E-state index < -0.39 is 8.32 Å². The standard InChI is InChI=1S/C25H37NOSi/c1-24(2,3)23-22(18-13-19-26-23)27-28(25(4,5)6,20-14-9-7-10-15-20)21-16-11-8-12-17-21/h7-12,14-17,22-23,26H,13,18-19H2,1-6H3/t22-,23-/m0/s1. The predicted molar refractivity (Wildman–Crippen MR) is 123 cm³/mol. The van der Waals surface area contributed by atoms with Crippen LogP contribution in [0.1, 0.15) is 54.4 Å². The largest absolute Gasteiger partial charge is 0.403 e. The molecule has 2 atom stereocenters. The summed E-state index contributed by atoms with van der Waals surface area (Å²) in [5.74, 6) is 0. The van der Waals surface area contributed by atoms with Gasteiger partial charge in [-0.25, -0.2) is 0 Å². The molecule has 0 aliphatic carbocycles. The number of hydrogen-bond donors (Lipinski definition) is 1. The first-order valence-corrected chi connectivity index (χ1v) is 12.6. The molecule has 0 amide bonds. The Hall–Kier alpha value is -1.42. The van der Waals surface area contributed by atoms with E-state index in [0.29, 0.717) is 6.04 Å². The third kappa shape index (κ3) is 4.12. The van der Waals surface area contributed by atoms with Gasteiger partial charge in [0.25, 0.3) is 8.32 Å². The first kappa shape index (κ1) is 21.3. The van der Waals surface area contributed by atoms with Crippen LogP contribution in [-0.2, 0) is 4.43 Å². The summed E-state index contributed by atoms with van der Waals surface area (Å²) in [6, 6.07) is 22.4. The minimum atomic E-state index is -2.50. The van der Waals surface area contributed by atoms with E-state index in [9.17, 15) is 0 Å². The molecule has 1 N–H and O–H groups in total. The molecule has 2 nitrogen and oxygen atoms in total. The first-order valence-electron chi connectivity index (χ1n) is 10.7. The lowest BCUT2D eigenvalue weighted by Crippen LogP contribution is -2.70. The molecule has 1 aliphatic heterocycles. The zero-order valence-corrected chi connectivity index (χ0v) is 19.5. The van der Waals surface area contributed by atoms with E-state index in [2.05, 4.69) is 108 Å². The molecule has 1 aliphatic rings. The summed E-state index contributed by atoms with van der Waals surface area (Å²) in [6.45, 7) is 15.2. The Morgan fingerprint density at radius 1 is 0.821 bits per heavy atom. The van der Waals surface area contributed by atoms with Crippen LogP contribution in [0.2, 0.25) is 5.04 Å². The SMILES string of the molecule is CC(C)(C)[C@H]1NCCC[C@@H]1O[Si](c1ccccc1)(c1ccccc1)C(C)(C)C. The van der Waals surface area contributed by atoms with Gasteiger partial charge in [0.1, 0.15) is 0 Å². The maximum absolute atomic E-state index is 7.43. The van der Waals surface area contributed by atoms with Gasteiger partial charge in [0, 0.05) is 6.04 Å². The molecule has 0 aromatic heterocycles. The van der Waals surface area contributed by atoms with Gasteiger partial charge in [0.05, 0.1) is 6.10 Å². The second-order valence-electron chi connectivity index (χ2n) is 10.3. The van der Waals surface area contributed by atoms with Gasteiger partial charge in [0.2, 0.25) is 0 Å². The maximum atomic E-state index is 7.43. The van der Waals surface area contributed by atoms with Gasteiger partial charge in [0.15, 0.2) is 0 Å². The third-order valence-corrected chi connectivity index (χ3v) is 11.1. The van der Waals surface area contributed by atoms with Crippen LogP contribution >= 0.6 is 0 Å². The molecule has 0 unspecified atom stereocenters. The van der Waals surface area contributed by atoms with Crippen molar-refractivity contribution in [1.82, 2.24) is 5.32 Å². The Labute approximate surface area is 172 Å². The van der Waals surface area contributed by atoms with E-state index in [0.717, 1.165) is 13.0 Å². The van der Waals surface area contributed by atoms with E-state index in [1.54, 1.807) is 0 Å². The third-order valence-electron chi connectivity index (χ3n) is 6.08. The molecule has 0 bridgehead atoms. The molecule has 1 fully saturated rings. The average Bonchev–Trinajstić information content (AvgIpc) is 2.66. The van der Waals surface area contributed by atoms with Crippen molar-refractivity contribution in [3.63, 3.8) is 0 Å². The molecule has 2 aromatic carbocycles. The average molecular weight is 396 g/mol. The summed E-state index contributed by atoms with van der Waals surface area (Å²) >= 11 is 0. The van der Waals surface area contributed by atoms with Gasteiger partial charge < -0.3 is 9.74 Å². The topological polar surface area (TPSA) is 21.3 Å². The second kappa shape index (κ2) is 8.14. The van der Waals surface area contributed by atoms with E-state index in [1.807, 2.05) is 0 Å². The van der Waals surface area contributed by atoms with Gasteiger partial charge in [-0.3, -0.25) is 0 Å². The Kier molecular flexibility index (Phi) is 6.19. The molecule has 3 rings (SSSR count). The van der Waals surface area contributed by atoms with Crippen LogP contribution in [0.4, 0.5) is 0 Å². The Morgan fingerprint density at radius 3 is 1.75 bits per heavy atom. The lowest BCUT2D eigenvalue weighted by Gasteiger charge is -2.49. The maximum Gasteiger partial charge on any atom is 0.261 e. The molecular weight excluding hydrogens is 358 g/mol. The highest BCUT2D eigenvalue weighted by Crippen LogP contribution is 2.40. The van der Waals surface area contributed by atoms with Crippen molar-refractivity contribution < 1.29 is 4.43 Å². The summed E-state index contributed by atoms with van der Waals surface area (Å²) < 4.78 is 7.43. The fourth-order valence-corrected chi connectivity index (χ4v) is 9.49. The van der Waals surface area contributed by atoms with Crippen LogP contribution < -0.4 is 15.7 Å². The second-order valence-corrected chi connectivity index (χ2v) is 14.5. The summed E-state index contributed by atoms with van der Waals surface area (Å²) in [7, 11) is -2.50. The molecule has 0 spiro atoms. The van der Waals surface area contributed by atoms with Gasteiger partial charge in [-0.05, 0) is 40.2 Å². The smallest absolute Gasteiger partial charge is 0.261 e. The molecular formula is C25H37NOSi. The zero-order valence-electron chi connectivity index (χ0n) is 18.5. The lowest BCUT2D eigenvalue weighted by molar-refractivity contribution is 0.0560. The highest BCUT2D eigenvalue weighted by Gasteiger charge is 2.53. The van der Waals surface area contributed by atoms with E-state index >= 15 is 0 Å². The molecule has 2 aromatic rings. The summed E-state index contributed by atoms with van der Waals surface area (Å²) in [5, 5.41) is 6.54. The summed E-state index contributed by atoms with van der Waals surface area (Å²) in [5.41, 5.74) is 0.163. The van der Waals surface area contributed by atoms with Crippen molar-refractivity contribution in [3.05, 3.63) is 60.7 Å². The molecule has 1 saturated heterocycles. The van der Waals surface area contributed by atoms with Gasteiger partial charge in [-0.1, -0.05) is 102 Å². The Bertz CT molecular complexity index is 706. The van der Waals surface area contributed by atoms with Crippen LogP contribution in [0.25, 0.3) is 0 Å². The van der Waals surface area contributed by atoms with Crippen molar-refractivity contribution in [1.29, 1.82) is 0 Å². The summed E-state index contributed by atoms with van der Waals surface area (Å²) in [4.78, 5) is 0. The van der Waals surface area contributed by atoms with Gasteiger partial charge in [-0.15, -0.1) is 0 Å². The van der Waals surface area contributed by atoms with E-state index in [4.69, 9.17) is 4.43 Å². The van der Waals surface area contributed by atoms with Crippen molar-refractivity contribution in [2.24, 2.45) is 5.41 Å². The first-order chi connectivity index (χ1) is 13.2. The van der Waals surface area contributed by atoms with Crippen LogP contribution in [-0.4, -0.2) is 27.0 Å². The lowest BCUT2D eigenvalue weighted by atomic mass is 9.80. The number of rotatable bonds is 4. The quantitative estimate of drug-likeness (QED) is 0.756. The van der Waals surface area contributed by atoms with E-state index in [1.165, 1.54) is 16.8 Å². The van der Waals surface area contributed by atoms with Crippen LogP contribution in [0.15, 0.2) is 60.7 Å². The van der Waals surface area contributed by atoms with Crippen LogP contribution in [0.5, 0.6) is 0 Å². The molecule has 0 radical (unpaired) electrons. The number of hydrogen-bond acceptors (Lipinski definition) is 2. The molecule has 152 valence electrons. The van der Waals surface area contributed by atoms with Crippen molar-refractivity contribution in [2.45, 2.75) is 71.6 Å². The Balaban J connectivity index is 2.16. The van der Waals surface area contributed by atoms with Crippen molar-refractivity contribution >= 4 is 18.7 Å². The van der Waals surface area contributed by atoms with E-state index in [-0.39, 0.29) is 16.6 Å². The molecule has 1 heterocycles. The fourth-order valence-electron chi connectivity index (χ4n) is 4.77.